The number of aromatic carboxylic acids is 1. The summed E-state index contributed by atoms with van der Waals surface area (Å²) in [5.74, 6) is -0.933. The van der Waals surface area contributed by atoms with Gasteiger partial charge < -0.3 is 10.4 Å². The third-order valence-corrected chi connectivity index (χ3v) is 2.16. The first-order chi connectivity index (χ1) is 7.50. The van der Waals surface area contributed by atoms with E-state index in [-0.39, 0.29) is 11.4 Å². The molecule has 0 bridgehead atoms. The lowest BCUT2D eigenvalue weighted by Gasteiger charge is -2.08. The van der Waals surface area contributed by atoms with E-state index in [1.165, 1.54) is 18.2 Å². The third-order valence-electron chi connectivity index (χ3n) is 2.16. The summed E-state index contributed by atoms with van der Waals surface area (Å²) in [5, 5.41) is 11.8. The first kappa shape index (κ1) is 12.6. The van der Waals surface area contributed by atoms with Gasteiger partial charge in [0, 0.05) is 12.1 Å². The number of carboxylic acid groups (broad SMARTS) is 1. The maximum absolute atomic E-state index is 13.3. The summed E-state index contributed by atoms with van der Waals surface area (Å²) in [6, 6.07) is 3.82. The molecule has 0 spiro atoms. The molecule has 2 N–H and O–H groups in total. The van der Waals surface area contributed by atoms with Gasteiger partial charge in [0.05, 0.1) is 5.56 Å². The third kappa shape index (κ3) is 3.62. The predicted octanol–water partition coefficient (Wildman–Crippen LogP) is 2.27. The van der Waals surface area contributed by atoms with Crippen LogP contribution in [0.1, 0.15) is 29.8 Å². The normalized spacial score (nSPS) is 10.8. The largest absolute Gasteiger partial charge is 0.478 e. The zero-order chi connectivity index (χ0) is 12.1. The summed E-state index contributed by atoms with van der Waals surface area (Å²) in [7, 11) is 0. The monoisotopic (exact) mass is 225 g/mol. The van der Waals surface area contributed by atoms with Crippen molar-refractivity contribution < 1.29 is 14.3 Å². The predicted molar refractivity (Wildman–Crippen MR) is 59.9 cm³/mol. The first-order valence-corrected chi connectivity index (χ1v) is 5.23. The molecule has 0 aromatic heterocycles. The maximum Gasteiger partial charge on any atom is 0.335 e. The van der Waals surface area contributed by atoms with Gasteiger partial charge in [-0.1, -0.05) is 13.8 Å². The van der Waals surface area contributed by atoms with Crippen molar-refractivity contribution in [3.8, 4) is 0 Å². The van der Waals surface area contributed by atoms with Crippen LogP contribution in [0.2, 0.25) is 0 Å². The van der Waals surface area contributed by atoms with Crippen LogP contribution in [0.4, 0.5) is 4.39 Å². The zero-order valence-electron chi connectivity index (χ0n) is 9.46. The highest BCUT2D eigenvalue weighted by Crippen LogP contribution is 2.10. The van der Waals surface area contributed by atoms with Gasteiger partial charge in [-0.05, 0) is 30.7 Å². The second-order valence-electron chi connectivity index (χ2n) is 4.14. The fourth-order valence-electron chi connectivity index (χ4n) is 1.34. The molecule has 0 atom stereocenters. The number of hydrogen-bond acceptors (Lipinski definition) is 2. The van der Waals surface area contributed by atoms with Gasteiger partial charge >= 0.3 is 5.97 Å². The van der Waals surface area contributed by atoms with Crippen LogP contribution >= 0.6 is 0 Å². The standard InChI is InChI=1S/C12H16FNO2/c1-8(2)6-14-7-10-5-9(12(15)16)3-4-11(10)13/h3-5,8,14H,6-7H2,1-2H3,(H,15,16). The van der Waals surface area contributed by atoms with Crippen LogP contribution in [0.5, 0.6) is 0 Å². The SMILES string of the molecule is CC(C)CNCc1cc(C(=O)O)ccc1F. The molecule has 1 rings (SSSR count). The Hall–Kier alpha value is -1.42. The Kier molecular flexibility index (Phi) is 4.43. The average Bonchev–Trinajstić information content (AvgIpc) is 2.20. The van der Waals surface area contributed by atoms with Crippen molar-refractivity contribution in [2.45, 2.75) is 20.4 Å². The molecule has 1 aromatic carbocycles. The molecule has 0 amide bonds. The average molecular weight is 225 g/mol. The molecule has 0 fully saturated rings. The Balaban J connectivity index is 2.70. The summed E-state index contributed by atoms with van der Waals surface area (Å²) in [5.41, 5.74) is 0.503. The molecule has 3 nitrogen and oxygen atoms in total. The van der Waals surface area contributed by atoms with Crippen molar-refractivity contribution in [1.29, 1.82) is 0 Å². The van der Waals surface area contributed by atoms with E-state index < -0.39 is 5.97 Å². The molecule has 0 radical (unpaired) electrons. The van der Waals surface area contributed by atoms with Crippen molar-refractivity contribution in [2.75, 3.05) is 6.54 Å². The molecule has 0 aliphatic carbocycles. The number of hydrogen-bond donors (Lipinski definition) is 2. The van der Waals surface area contributed by atoms with Crippen LogP contribution in [-0.4, -0.2) is 17.6 Å². The number of nitrogens with one attached hydrogen (secondary N) is 1. The lowest BCUT2D eigenvalue weighted by molar-refractivity contribution is 0.0696. The van der Waals surface area contributed by atoms with Crippen molar-refractivity contribution in [2.24, 2.45) is 5.92 Å². The summed E-state index contributed by atoms with van der Waals surface area (Å²) in [6.45, 7) is 5.23. The van der Waals surface area contributed by atoms with Crippen LogP contribution < -0.4 is 5.32 Å². The smallest absolute Gasteiger partial charge is 0.335 e. The van der Waals surface area contributed by atoms with Crippen LogP contribution in [0.15, 0.2) is 18.2 Å². The molecule has 0 saturated heterocycles. The molecule has 0 aliphatic heterocycles. The van der Waals surface area contributed by atoms with E-state index in [4.69, 9.17) is 5.11 Å². The van der Waals surface area contributed by atoms with Crippen molar-refractivity contribution >= 4 is 5.97 Å². The quantitative estimate of drug-likeness (QED) is 0.808. The molecular formula is C12H16FNO2. The molecule has 0 aliphatic rings. The van der Waals surface area contributed by atoms with Crippen LogP contribution in [0, 0.1) is 11.7 Å². The number of carbonyl (C=O) groups is 1. The molecule has 0 saturated carbocycles. The summed E-state index contributed by atoms with van der Waals surface area (Å²) in [4.78, 5) is 10.7. The lowest BCUT2D eigenvalue weighted by Crippen LogP contribution is -2.19. The zero-order valence-corrected chi connectivity index (χ0v) is 9.46. The van der Waals surface area contributed by atoms with E-state index in [0.717, 1.165) is 6.54 Å². The number of halogens is 1. The highest BCUT2D eigenvalue weighted by Gasteiger charge is 2.08. The highest BCUT2D eigenvalue weighted by atomic mass is 19.1. The fraction of sp³-hybridized carbons (Fsp3) is 0.417. The van der Waals surface area contributed by atoms with E-state index >= 15 is 0 Å². The molecule has 4 heteroatoms. The second kappa shape index (κ2) is 5.61. The minimum atomic E-state index is -1.04. The number of benzene rings is 1. The van der Waals surface area contributed by atoms with Gasteiger partial charge in [0.25, 0.3) is 0 Å². The molecule has 1 aromatic rings. The Morgan fingerprint density at radius 2 is 2.19 bits per heavy atom. The second-order valence-corrected chi connectivity index (χ2v) is 4.14. The van der Waals surface area contributed by atoms with Gasteiger partial charge in [-0.15, -0.1) is 0 Å². The highest BCUT2D eigenvalue weighted by molar-refractivity contribution is 5.87. The van der Waals surface area contributed by atoms with E-state index in [2.05, 4.69) is 19.2 Å². The Bertz CT molecular complexity index is 377. The van der Waals surface area contributed by atoms with E-state index in [1.807, 2.05) is 0 Å². The summed E-state index contributed by atoms with van der Waals surface area (Å²) < 4.78 is 13.3. The number of rotatable bonds is 5. The van der Waals surface area contributed by atoms with E-state index in [0.29, 0.717) is 18.0 Å². The molecule has 0 heterocycles. The van der Waals surface area contributed by atoms with E-state index in [1.54, 1.807) is 0 Å². The summed E-state index contributed by atoms with van der Waals surface area (Å²) >= 11 is 0. The molecule has 16 heavy (non-hydrogen) atoms. The maximum atomic E-state index is 13.3. The van der Waals surface area contributed by atoms with Gasteiger partial charge in [0.15, 0.2) is 0 Å². The van der Waals surface area contributed by atoms with Crippen LogP contribution in [0.25, 0.3) is 0 Å². The van der Waals surface area contributed by atoms with Gasteiger partial charge in [-0.25, -0.2) is 9.18 Å². The minimum Gasteiger partial charge on any atom is -0.478 e. The van der Waals surface area contributed by atoms with Crippen LogP contribution in [-0.2, 0) is 6.54 Å². The van der Waals surface area contributed by atoms with Gasteiger partial charge in [0.1, 0.15) is 5.82 Å². The Morgan fingerprint density at radius 3 is 2.75 bits per heavy atom. The van der Waals surface area contributed by atoms with E-state index in [9.17, 15) is 9.18 Å². The Morgan fingerprint density at radius 1 is 1.50 bits per heavy atom. The van der Waals surface area contributed by atoms with Crippen molar-refractivity contribution in [3.63, 3.8) is 0 Å². The topological polar surface area (TPSA) is 49.3 Å². The van der Waals surface area contributed by atoms with Gasteiger partial charge in [-0.2, -0.15) is 0 Å². The summed E-state index contributed by atoms with van der Waals surface area (Å²) in [6.07, 6.45) is 0. The molecule has 0 unspecified atom stereocenters. The fourth-order valence-corrected chi connectivity index (χ4v) is 1.34. The molecule has 88 valence electrons. The van der Waals surface area contributed by atoms with Gasteiger partial charge in [0.2, 0.25) is 0 Å². The Labute approximate surface area is 94.3 Å². The lowest BCUT2D eigenvalue weighted by atomic mass is 10.1. The molecular weight excluding hydrogens is 209 g/mol. The van der Waals surface area contributed by atoms with Crippen molar-refractivity contribution in [3.05, 3.63) is 35.1 Å². The van der Waals surface area contributed by atoms with Gasteiger partial charge in [-0.3, -0.25) is 0 Å². The minimum absolute atomic E-state index is 0.114. The van der Waals surface area contributed by atoms with Crippen molar-refractivity contribution in [1.82, 2.24) is 5.32 Å². The first-order valence-electron chi connectivity index (χ1n) is 5.23. The van der Waals surface area contributed by atoms with Crippen LogP contribution in [0.3, 0.4) is 0 Å². The number of carboxylic acids is 1.